The highest BCUT2D eigenvalue weighted by molar-refractivity contribution is 5.75. The molecule has 158 valence electrons. The number of nitrogens with two attached hydrogens (primary N) is 1. The lowest BCUT2D eigenvalue weighted by atomic mass is 9.92. The van der Waals surface area contributed by atoms with Crippen molar-refractivity contribution >= 4 is 5.91 Å². The maximum Gasteiger partial charge on any atom is 0.227 e. The maximum absolute atomic E-state index is 11.9. The van der Waals surface area contributed by atoms with Gasteiger partial charge in [0, 0.05) is 12.5 Å². The average molecular weight is 402 g/mol. The Bertz CT molecular complexity index is 841. The van der Waals surface area contributed by atoms with Crippen LogP contribution in [0.15, 0.2) is 39.5 Å². The monoisotopic (exact) mass is 401 g/mol. The molecule has 1 aromatic heterocycles. The van der Waals surface area contributed by atoms with Crippen molar-refractivity contribution in [3.63, 3.8) is 0 Å². The van der Waals surface area contributed by atoms with E-state index in [4.69, 9.17) is 14.9 Å². The number of rotatable bonds is 12. The molecule has 6 heteroatoms. The predicted octanol–water partition coefficient (Wildman–Crippen LogP) is 4.40. The van der Waals surface area contributed by atoms with Crippen LogP contribution >= 0.6 is 0 Å². The molecule has 6 nitrogen and oxygen atoms in total. The van der Waals surface area contributed by atoms with E-state index in [1.807, 2.05) is 12.1 Å². The fraction of sp³-hybridized carbons (Fsp3) is 0.478. The van der Waals surface area contributed by atoms with Crippen molar-refractivity contribution in [1.29, 1.82) is 0 Å². The lowest BCUT2D eigenvalue weighted by molar-refractivity contribution is -0.118. The molecule has 2 rings (SSSR count). The fourth-order valence-corrected chi connectivity index (χ4v) is 3.29. The number of aryl methyl sites for hydroxylation is 1. The van der Waals surface area contributed by atoms with Gasteiger partial charge in [0.05, 0.1) is 12.5 Å². The quantitative estimate of drug-likeness (QED) is 0.513. The SMILES string of the molecule is CCCCCCCCOc1ccc([C@@H](CC(N)=O)c2oc(C)cc(=O)c2O)cc1. The van der Waals surface area contributed by atoms with Crippen molar-refractivity contribution in [2.75, 3.05) is 6.61 Å². The molecule has 1 heterocycles. The topological polar surface area (TPSA) is 103 Å². The number of hydrogen-bond donors (Lipinski definition) is 2. The van der Waals surface area contributed by atoms with E-state index in [1.165, 1.54) is 31.7 Å². The van der Waals surface area contributed by atoms with Gasteiger partial charge in [-0.05, 0) is 31.0 Å². The Labute approximate surface area is 171 Å². The van der Waals surface area contributed by atoms with Crippen molar-refractivity contribution in [3.8, 4) is 11.5 Å². The van der Waals surface area contributed by atoms with Gasteiger partial charge in [0.15, 0.2) is 5.76 Å². The summed E-state index contributed by atoms with van der Waals surface area (Å²) in [6, 6.07) is 8.42. The first kappa shape index (κ1) is 22.5. The van der Waals surface area contributed by atoms with E-state index < -0.39 is 23.0 Å². The second kappa shape index (κ2) is 11.3. The van der Waals surface area contributed by atoms with Crippen LogP contribution in [0.5, 0.6) is 11.5 Å². The van der Waals surface area contributed by atoms with Crippen LogP contribution in [0, 0.1) is 6.92 Å². The third-order valence-electron chi connectivity index (χ3n) is 4.84. The summed E-state index contributed by atoms with van der Waals surface area (Å²) in [7, 11) is 0. The molecule has 3 N–H and O–H groups in total. The molecule has 1 atom stereocenters. The second-order valence-electron chi connectivity index (χ2n) is 7.34. The molecule has 0 bridgehead atoms. The Morgan fingerprint density at radius 3 is 2.45 bits per heavy atom. The molecule has 0 radical (unpaired) electrons. The molecule has 29 heavy (non-hydrogen) atoms. The number of unbranched alkanes of at least 4 members (excludes halogenated alkanes) is 5. The van der Waals surface area contributed by atoms with Crippen LogP contribution in [0.25, 0.3) is 0 Å². The van der Waals surface area contributed by atoms with E-state index in [0.29, 0.717) is 17.9 Å². The number of amides is 1. The molecule has 0 fully saturated rings. The molecule has 0 aliphatic rings. The molecule has 0 aliphatic heterocycles. The van der Waals surface area contributed by atoms with E-state index in [9.17, 15) is 14.7 Å². The number of aromatic hydroxyl groups is 1. The molecule has 1 amide bonds. The molecular weight excluding hydrogens is 370 g/mol. The van der Waals surface area contributed by atoms with E-state index >= 15 is 0 Å². The molecule has 0 saturated carbocycles. The highest BCUT2D eigenvalue weighted by Crippen LogP contribution is 2.33. The van der Waals surface area contributed by atoms with Crippen molar-refractivity contribution < 1.29 is 19.1 Å². The van der Waals surface area contributed by atoms with Crippen molar-refractivity contribution in [1.82, 2.24) is 0 Å². The lowest BCUT2D eigenvalue weighted by Gasteiger charge is -2.17. The summed E-state index contributed by atoms with van der Waals surface area (Å²) in [4.78, 5) is 23.5. The number of primary amides is 1. The van der Waals surface area contributed by atoms with Crippen LogP contribution < -0.4 is 15.9 Å². The van der Waals surface area contributed by atoms with Gasteiger partial charge in [0.25, 0.3) is 0 Å². The zero-order chi connectivity index (χ0) is 21.2. The highest BCUT2D eigenvalue weighted by atomic mass is 16.5. The minimum absolute atomic E-state index is 0.0505. The molecule has 1 aromatic carbocycles. The Morgan fingerprint density at radius 1 is 1.14 bits per heavy atom. The third kappa shape index (κ3) is 6.97. The van der Waals surface area contributed by atoms with Crippen LogP contribution in [-0.4, -0.2) is 17.6 Å². The van der Waals surface area contributed by atoms with Gasteiger partial charge >= 0.3 is 0 Å². The Balaban J connectivity index is 2.06. The van der Waals surface area contributed by atoms with E-state index in [2.05, 4.69) is 6.92 Å². The number of carbonyl (C=O) groups is 1. The minimum Gasteiger partial charge on any atom is -0.502 e. The molecule has 2 aromatic rings. The molecule has 0 spiro atoms. The largest absolute Gasteiger partial charge is 0.502 e. The van der Waals surface area contributed by atoms with E-state index in [0.717, 1.165) is 18.6 Å². The van der Waals surface area contributed by atoms with Crippen molar-refractivity contribution in [2.24, 2.45) is 5.73 Å². The summed E-state index contributed by atoms with van der Waals surface area (Å²) in [5.74, 6) is -0.555. The van der Waals surface area contributed by atoms with Gasteiger partial charge in [-0.1, -0.05) is 51.2 Å². The summed E-state index contributed by atoms with van der Waals surface area (Å²) in [5, 5.41) is 10.2. The maximum atomic E-state index is 11.9. The Kier molecular flexibility index (Phi) is 8.77. The number of carbonyl (C=O) groups excluding carboxylic acids is 1. The minimum atomic E-state index is -0.646. The standard InChI is InChI=1S/C23H31NO5/c1-3-4-5-6-7-8-13-28-18-11-9-17(10-12-18)19(15-21(24)26)23-22(27)20(25)14-16(2)29-23/h9-12,14,19,27H,3-8,13,15H2,1-2H3,(H2,24,26)/t19-/m1/s1. The van der Waals surface area contributed by atoms with Crippen LogP contribution in [0.2, 0.25) is 0 Å². The van der Waals surface area contributed by atoms with E-state index in [-0.39, 0.29) is 12.2 Å². The van der Waals surface area contributed by atoms with Crippen LogP contribution in [-0.2, 0) is 4.79 Å². The van der Waals surface area contributed by atoms with Gasteiger partial charge in [-0.3, -0.25) is 9.59 Å². The second-order valence-corrected chi connectivity index (χ2v) is 7.34. The van der Waals surface area contributed by atoms with Gasteiger partial charge in [-0.2, -0.15) is 0 Å². The normalized spacial score (nSPS) is 11.9. The fourth-order valence-electron chi connectivity index (χ4n) is 3.29. The first-order chi connectivity index (χ1) is 13.9. The zero-order valence-corrected chi connectivity index (χ0v) is 17.3. The van der Waals surface area contributed by atoms with Crippen LogP contribution in [0.3, 0.4) is 0 Å². The molecule has 0 saturated heterocycles. The van der Waals surface area contributed by atoms with Crippen LogP contribution in [0.4, 0.5) is 0 Å². The Hall–Kier alpha value is -2.76. The van der Waals surface area contributed by atoms with E-state index in [1.54, 1.807) is 19.1 Å². The van der Waals surface area contributed by atoms with Gasteiger partial charge in [-0.25, -0.2) is 0 Å². The zero-order valence-electron chi connectivity index (χ0n) is 17.3. The molecular formula is C23H31NO5. The third-order valence-corrected chi connectivity index (χ3v) is 4.84. The lowest BCUT2D eigenvalue weighted by Crippen LogP contribution is -2.17. The van der Waals surface area contributed by atoms with Crippen molar-refractivity contribution in [3.05, 3.63) is 57.6 Å². The van der Waals surface area contributed by atoms with Gasteiger partial charge in [-0.15, -0.1) is 0 Å². The Morgan fingerprint density at radius 2 is 1.79 bits per heavy atom. The summed E-state index contributed by atoms with van der Waals surface area (Å²) < 4.78 is 11.3. The molecule has 0 unspecified atom stereocenters. The number of hydrogen-bond acceptors (Lipinski definition) is 5. The van der Waals surface area contributed by atoms with Crippen LogP contribution in [0.1, 0.15) is 74.9 Å². The highest BCUT2D eigenvalue weighted by Gasteiger charge is 2.25. The van der Waals surface area contributed by atoms with Crippen molar-refractivity contribution in [2.45, 2.75) is 64.7 Å². The van der Waals surface area contributed by atoms with Gasteiger partial charge in [0.2, 0.25) is 17.1 Å². The predicted molar refractivity (Wildman–Crippen MR) is 112 cm³/mol. The van der Waals surface area contributed by atoms with Gasteiger partial charge < -0.3 is 20.0 Å². The summed E-state index contributed by atoms with van der Waals surface area (Å²) in [6.07, 6.45) is 7.11. The number of ether oxygens (including phenoxy) is 1. The average Bonchev–Trinajstić information content (AvgIpc) is 2.69. The summed E-state index contributed by atoms with van der Waals surface area (Å²) in [5.41, 5.74) is 5.55. The summed E-state index contributed by atoms with van der Waals surface area (Å²) >= 11 is 0. The smallest absolute Gasteiger partial charge is 0.227 e. The number of benzene rings is 1. The van der Waals surface area contributed by atoms with Gasteiger partial charge in [0.1, 0.15) is 11.5 Å². The summed E-state index contributed by atoms with van der Waals surface area (Å²) in [6.45, 7) is 4.48. The first-order valence-corrected chi connectivity index (χ1v) is 10.3. The molecule has 0 aliphatic carbocycles. The first-order valence-electron chi connectivity index (χ1n) is 10.3.